The number of carboxylic acids is 1. The zero-order valence-electron chi connectivity index (χ0n) is 10.1. The molecule has 0 saturated carbocycles. The van der Waals surface area contributed by atoms with Crippen LogP contribution in [-0.2, 0) is 17.8 Å². The normalized spacial score (nSPS) is 11.0. The minimum atomic E-state index is -0.857. The van der Waals surface area contributed by atoms with Gasteiger partial charge < -0.3 is 5.11 Å². The number of nitrogens with zero attached hydrogens (tertiary/aromatic N) is 3. The molecule has 0 bridgehead atoms. The number of hydrogen-bond acceptors (Lipinski definition) is 3. The molecular weight excluding hydrogens is 206 g/mol. The van der Waals surface area contributed by atoms with Gasteiger partial charge in [0.25, 0.3) is 0 Å². The van der Waals surface area contributed by atoms with Crippen LogP contribution in [0.1, 0.15) is 50.9 Å². The lowest BCUT2D eigenvalue weighted by Gasteiger charge is -2.09. The first-order chi connectivity index (χ1) is 7.56. The predicted molar refractivity (Wildman–Crippen MR) is 60.4 cm³/mol. The van der Waals surface area contributed by atoms with E-state index in [2.05, 4.69) is 17.2 Å². The lowest BCUT2D eigenvalue weighted by atomic mass is 10.1. The van der Waals surface area contributed by atoms with Crippen LogP contribution >= 0.6 is 0 Å². The number of hydrogen-bond donors (Lipinski definition) is 1. The summed E-state index contributed by atoms with van der Waals surface area (Å²) in [6.07, 6.45) is 2.08. The lowest BCUT2D eigenvalue weighted by molar-refractivity contribution is -0.136. The van der Waals surface area contributed by atoms with E-state index >= 15 is 0 Å². The summed E-state index contributed by atoms with van der Waals surface area (Å²) in [5, 5.41) is 16.8. The molecule has 1 aromatic heterocycles. The van der Waals surface area contributed by atoms with E-state index in [-0.39, 0.29) is 12.3 Å². The van der Waals surface area contributed by atoms with E-state index in [1.54, 1.807) is 0 Å². The Morgan fingerprint density at radius 1 is 1.50 bits per heavy atom. The Labute approximate surface area is 95.5 Å². The molecule has 1 N–H and O–H groups in total. The van der Waals surface area contributed by atoms with Crippen molar-refractivity contribution in [1.29, 1.82) is 0 Å². The van der Waals surface area contributed by atoms with Gasteiger partial charge in [-0.3, -0.25) is 4.79 Å². The molecular formula is C11H19N3O2. The Morgan fingerprint density at radius 2 is 2.19 bits per heavy atom. The highest BCUT2D eigenvalue weighted by Gasteiger charge is 2.17. The Bertz CT molecular complexity index is 358. The summed E-state index contributed by atoms with van der Waals surface area (Å²) in [6.45, 7) is 7.00. The van der Waals surface area contributed by atoms with Crippen molar-refractivity contribution < 1.29 is 9.90 Å². The van der Waals surface area contributed by atoms with Crippen molar-refractivity contribution in [2.24, 2.45) is 0 Å². The smallest absolute Gasteiger partial charge is 0.309 e. The van der Waals surface area contributed by atoms with Gasteiger partial charge in [-0.1, -0.05) is 32.4 Å². The number of unbranched alkanes of at least 4 members (excludes halogenated alkanes) is 1. The first-order valence-corrected chi connectivity index (χ1v) is 5.70. The molecule has 0 atom stereocenters. The summed E-state index contributed by atoms with van der Waals surface area (Å²) >= 11 is 0. The molecule has 1 heterocycles. The number of aliphatic carboxylic acids is 1. The van der Waals surface area contributed by atoms with E-state index in [4.69, 9.17) is 5.11 Å². The molecule has 0 saturated heterocycles. The molecule has 0 aliphatic heterocycles. The van der Waals surface area contributed by atoms with Crippen LogP contribution < -0.4 is 0 Å². The molecule has 0 unspecified atom stereocenters. The molecule has 0 aliphatic rings. The average Bonchev–Trinajstić information content (AvgIpc) is 2.56. The van der Waals surface area contributed by atoms with Crippen LogP contribution in [0.3, 0.4) is 0 Å². The zero-order chi connectivity index (χ0) is 12.1. The Balaban J connectivity index is 2.92. The molecule has 0 fully saturated rings. The summed E-state index contributed by atoms with van der Waals surface area (Å²) in [5.41, 5.74) is 1.55. The van der Waals surface area contributed by atoms with E-state index in [9.17, 15) is 4.79 Å². The van der Waals surface area contributed by atoms with Crippen LogP contribution in [-0.4, -0.2) is 26.1 Å². The topological polar surface area (TPSA) is 68.0 Å². The fourth-order valence-electron chi connectivity index (χ4n) is 1.73. The van der Waals surface area contributed by atoms with Gasteiger partial charge in [0.15, 0.2) is 0 Å². The van der Waals surface area contributed by atoms with Crippen molar-refractivity contribution in [2.45, 2.75) is 52.5 Å². The Hall–Kier alpha value is -1.39. The van der Waals surface area contributed by atoms with Gasteiger partial charge in [-0.25, -0.2) is 4.68 Å². The second-order valence-corrected chi connectivity index (χ2v) is 4.22. The van der Waals surface area contributed by atoms with Gasteiger partial charge >= 0.3 is 5.97 Å². The first kappa shape index (κ1) is 12.7. The quantitative estimate of drug-likeness (QED) is 0.802. The summed E-state index contributed by atoms with van der Waals surface area (Å²) in [7, 11) is 0. The lowest BCUT2D eigenvalue weighted by Crippen LogP contribution is -2.09. The standard InChI is InChI=1S/C11H19N3O2/c1-4-5-6-14-11(8(2)3)9(12-13-14)7-10(15)16/h8H,4-7H2,1-3H3,(H,15,16). The fraction of sp³-hybridized carbons (Fsp3) is 0.727. The minimum absolute atomic E-state index is 0.0420. The molecule has 0 aliphatic carbocycles. The molecule has 16 heavy (non-hydrogen) atoms. The van der Waals surface area contributed by atoms with E-state index in [1.807, 2.05) is 18.5 Å². The third-order valence-electron chi connectivity index (χ3n) is 2.44. The van der Waals surface area contributed by atoms with Crippen LogP contribution in [0.5, 0.6) is 0 Å². The van der Waals surface area contributed by atoms with Crippen LogP contribution in [0.15, 0.2) is 0 Å². The van der Waals surface area contributed by atoms with Crippen molar-refractivity contribution in [3.63, 3.8) is 0 Å². The van der Waals surface area contributed by atoms with Crippen LogP contribution in [0.2, 0.25) is 0 Å². The molecule has 0 radical (unpaired) electrons. The minimum Gasteiger partial charge on any atom is -0.481 e. The Kier molecular flexibility index (Phi) is 4.46. The van der Waals surface area contributed by atoms with Crippen molar-refractivity contribution in [1.82, 2.24) is 15.0 Å². The van der Waals surface area contributed by atoms with Gasteiger partial charge in [0, 0.05) is 6.54 Å². The summed E-state index contributed by atoms with van der Waals surface area (Å²) in [4.78, 5) is 10.7. The highest BCUT2D eigenvalue weighted by Crippen LogP contribution is 2.18. The van der Waals surface area contributed by atoms with Crippen molar-refractivity contribution in [2.75, 3.05) is 0 Å². The van der Waals surface area contributed by atoms with E-state index in [1.165, 1.54) is 0 Å². The molecule has 5 heteroatoms. The van der Waals surface area contributed by atoms with Crippen molar-refractivity contribution >= 4 is 5.97 Å². The third kappa shape index (κ3) is 3.05. The van der Waals surface area contributed by atoms with Gasteiger partial charge in [-0.05, 0) is 12.3 Å². The summed E-state index contributed by atoms with van der Waals surface area (Å²) < 4.78 is 1.84. The van der Waals surface area contributed by atoms with E-state index in [0.29, 0.717) is 5.69 Å². The van der Waals surface area contributed by atoms with Crippen LogP contribution in [0.25, 0.3) is 0 Å². The van der Waals surface area contributed by atoms with Gasteiger partial charge in [-0.2, -0.15) is 0 Å². The Morgan fingerprint density at radius 3 is 2.69 bits per heavy atom. The number of aromatic nitrogens is 3. The number of aryl methyl sites for hydroxylation is 1. The third-order valence-corrected chi connectivity index (χ3v) is 2.44. The molecule has 0 spiro atoms. The van der Waals surface area contributed by atoms with Gasteiger partial charge in [0.05, 0.1) is 17.8 Å². The van der Waals surface area contributed by atoms with E-state index < -0.39 is 5.97 Å². The van der Waals surface area contributed by atoms with Gasteiger partial charge in [0.1, 0.15) is 0 Å². The molecule has 0 amide bonds. The van der Waals surface area contributed by atoms with Crippen LogP contribution in [0.4, 0.5) is 0 Å². The fourth-order valence-corrected chi connectivity index (χ4v) is 1.73. The maximum absolute atomic E-state index is 10.7. The highest BCUT2D eigenvalue weighted by atomic mass is 16.4. The number of rotatable bonds is 6. The van der Waals surface area contributed by atoms with Crippen LogP contribution in [0, 0.1) is 0 Å². The molecule has 5 nitrogen and oxygen atoms in total. The zero-order valence-corrected chi connectivity index (χ0v) is 10.1. The maximum atomic E-state index is 10.7. The maximum Gasteiger partial charge on any atom is 0.309 e. The second-order valence-electron chi connectivity index (χ2n) is 4.22. The summed E-state index contributed by atoms with van der Waals surface area (Å²) in [5.74, 6) is -0.606. The largest absolute Gasteiger partial charge is 0.481 e. The second kappa shape index (κ2) is 5.63. The molecule has 1 rings (SSSR count). The summed E-state index contributed by atoms with van der Waals surface area (Å²) in [6, 6.07) is 0. The predicted octanol–water partition coefficient (Wildman–Crippen LogP) is 1.83. The van der Waals surface area contributed by atoms with Gasteiger partial charge in [-0.15, -0.1) is 5.10 Å². The molecule has 0 aromatic carbocycles. The van der Waals surface area contributed by atoms with Gasteiger partial charge in [0.2, 0.25) is 0 Å². The monoisotopic (exact) mass is 225 g/mol. The van der Waals surface area contributed by atoms with Crippen molar-refractivity contribution in [3.05, 3.63) is 11.4 Å². The van der Waals surface area contributed by atoms with E-state index in [0.717, 1.165) is 25.1 Å². The molecule has 90 valence electrons. The SMILES string of the molecule is CCCCn1nnc(CC(=O)O)c1C(C)C. The molecule has 1 aromatic rings. The first-order valence-electron chi connectivity index (χ1n) is 5.70. The van der Waals surface area contributed by atoms with Crippen molar-refractivity contribution in [3.8, 4) is 0 Å². The number of carbonyl (C=O) groups is 1. The number of carboxylic acid groups (broad SMARTS) is 1. The highest BCUT2D eigenvalue weighted by molar-refractivity contribution is 5.69. The average molecular weight is 225 g/mol.